The number of esters is 2. The van der Waals surface area contributed by atoms with Crippen LogP contribution in [0, 0.1) is 28.6 Å². The van der Waals surface area contributed by atoms with E-state index in [1.807, 2.05) is 6.92 Å². The number of hydrogen-bond acceptors (Lipinski definition) is 8. The molecule has 3 heterocycles. The van der Waals surface area contributed by atoms with Crippen LogP contribution in [0.15, 0.2) is 12.2 Å². The zero-order chi connectivity index (χ0) is 20.2. The van der Waals surface area contributed by atoms with Gasteiger partial charge in [-0.05, 0) is 32.6 Å². The fraction of sp³-hybridized carbons (Fsp3) is 0.750. The lowest BCUT2D eigenvalue weighted by molar-refractivity contribution is -0.226. The number of aliphatic hydroxyl groups is 1. The lowest BCUT2D eigenvalue weighted by Crippen LogP contribution is -2.58. The molecular weight excluding hydrogens is 368 g/mol. The van der Waals surface area contributed by atoms with Gasteiger partial charge in [-0.25, -0.2) is 4.79 Å². The standard InChI is InChI=1S/C20H24O8/c1-8(2)11-5-13-18-6-12-14(9(3)15(23)26-12)20(18,16(24)27-13)28-17(25-7-21)19(11,18)10(4)22/h7,9-14,17,22H,1,5-6H2,2-4H3/t9-,10+,11+,12?,13?,14+,17?,18?,19?,20?/m1/s1. The van der Waals surface area contributed by atoms with Gasteiger partial charge in [0.25, 0.3) is 6.47 Å². The van der Waals surface area contributed by atoms with Crippen LogP contribution in [0.1, 0.15) is 33.6 Å². The molecule has 5 rings (SSSR count). The van der Waals surface area contributed by atoms with E-state index in [0.717, 1.165) is 5.57 Å². The molecule has 6 unspecified atom stereocenters. The maximum absolute atomic E-state index is 13.3. The minimum atomic E-state index is -1.50. The lowest BCUT2D eigenvalue weighted by atomic mass is 9.54. The summed E-state index contributed by atoms with van der Waals surface area (Å²) in [6, 6.07) is 0. The number of hydrogen-bond donors (Lipinski definition) is 1. The van der Waals surface area contributed by atoms with Crippen LogP contribution in [0.2, 0.25) is 0 Å². The van der Waals surface area contributed by atoms with E-state index in [9.17, 15) is 19.5 Å². The maximum Gasteiger partial charge on any atom is 0.340 e. The van der Waals surface area contributed by atoms with E-state index in [4.69, 9.17) is 18.9 Å². The number of carbonyl (C=O) groups excluding carboxylic acids is 3. The topological polar surface area (TPSA) is 108 Å². The average molecular weight is 392 g/mol. The van der Waals surface area contributed by atoms with Crippen LogP contribution in [-0.2, 0) is 33.3 Å². The highest BCUT2D eigenvalue weighted by Crippen LogP contribution is 2.82. The molecule has 2 aliphatic carbocycles. The second-order valence-corrected chi connectivity index (χ2v) is 9.02. The normalized spacial score (nSPS) is 53.9. The van der Waals surface area contributed by atoms with Gasteiger partial charge >= 0.3 is 11.9 Å². The molecule has 28 heavy (non-hydrogen) atoms. The molecule has 0 amide bonds. The Balaban J connectivity index is 1.81. The van der Waals surface area contributed by atoms with Gasteiger partial charge in [0.05, 0.1) is 22.9 Å². The average Bonchev–Trinajstić information content (AvgIpc) is 3.28. The molecule has 0 aromatic carbocycles. The summed E-state index contributed by atoms with van der Waals surface area (Å²) in [6.45, 7) is 9.57. The van der Waals surface area contributed by atoms with E-state index in [2.05, 4.69) is 6.58 Å². The Bertz CT molecular complexity index is 806. The van der Waals surface area contributed by atoms with Crippen LogP contribution in [0.5, 0.6) is 0 Å². The summed E-state index contributed by atoms with van der Waals surface area (Å²) in [7, 11) is 0. The molecule has 3 saturated heterocycles. The summed E-state index contributed by atoms with van der Waals surface area (Å²) in [5, 5.41) is 11.1. The molecule has 0 radical (unpaired) electrons. The Morgan fingerprint density at radius 2 is 2.11 bits per heavy atom. The van der Waals surface area contributed by atoms with Gasteiger partial charge in [0.15, 0.2) is 5.60 Å². The number of aliphatic hydroxyl groups excluding tert-OH is 1. The van der Waals surface area contributed by atoms with E-state index in [0.29, 0.717) is 12.8 Å². The van der Waals surface area contributed by atoms with Crippen molar-refractivity contribution in [3.8, 4) is 0 Å². The summed E-state index contributed by atoms with van der Waals surface area (Å²) >= 11 is 0. The van der Waals surface area contributed by atoms with Crippen molar-refractivity contribution < 1.29 is 38.4 Å². The summed E-state index contributed by atoms with van der Waals surface area (Å²) in [5.74, 6) is -2.35. The summed E-state index contributed by atoms with van der Waals surface area (Å²) < 4.78 is 23.1. The van der Waals surface area contributed by atoms with Gasteiger partial charge < -0.3 is 24.1 Å². The Morgan fingerprint density at radius 1 is 1.39 bits per heavy atom. The SMILES string of the molecule is C=C(C)[C@@H]1CC2OC(=O)C34OC(OC=O)C1([C@H](C)O)C23CC1OC(=O)[C@H](C)[C@@H]14. The summed E-state index contributed by atoms with van der Waals surface area (Å²) in [5.41, 5.74) is -2.79. The van der Waals surface area contributed by atoms with Crippen molar-refractivity contribution in [3.05, 3.63) is 12.2 Å². The van der Waals surface area contributed by atoms with Crippen molar-refractivity contribution in [2.75, 3.05) is 0 Å². The number of allylic oxidation sites excluding steroid dienone is 1. The van der Waals surface area contributed by atoms with Crippen LogP contribution in [0.4, 0.5) is 0 Å². The summed E-state index contributed by atoms with van der Waals surface area (Å²) in [6.07, 6.45) is -2.39. The lowest BCUT2D eigenvalue weighted by Gasteiger charge is -2.46. The molecule has 10 atom stereocenters. The van der Waals surface area contributed by atoms with Gasteiger partial charge in [-0.15, -0.1) is 0 Å². The first-order valence-electron chi connectivity index (χ1n) is 9.72. The van der Waals surface area contributed by atoms with Gasteiger partial charge in [-0.3, -0.25) is 9.59 Å². The van der Waals surface area contributed by atoms with Crippen LogP contribution < -0.4 is 0 Å². The van der Waals surface area contributed by atoms with Gasteiger partial charge in [-0.1, -0.05) is 19.1 Å². The van der Waals surface area contributed by atoms with Gasteiger partial charge in [-0.2, -0.15) is 0 Å². The molecule has 8 heteroatoms. The monoisotopic (exact) mass is 392 g/mol. The molecule has 5 aliphatic rings. The number of rotatable bonds is 4. The minimum absolute atomic E-state index is 0.282. The smallest absolute Gasteiger partial charge is 0.340 e. The van der Waals surface area contributed by atoms with E-state index in [1.165, 1.54) is 0 Å². The Morgan fingerprint density at radius 3 is 2.71 bits per heavy atom. The van der Waals surface area contributed by atoms with E-state index in [-0.39, 0.29) is 18.4 Å². The molecule has 1 spiro atoms. The van der Waals surface area contributed by atoms with Crippen molar-refractivity contribution in [1.29, 1.82) is 0 Å². The third kappa shape index (κ3) is 1.48. The number of fused-ring (bicyclic) bond motifs is 1. The molecule has 0 aromatic rings. The van der Waals surface area contributed by atoms with Gasteiger partial charge in [0.2, 0.25) is 6.29 Å². The summed E-state index contributed by atoms with van der Waals surface area (Å²) in [4.78, 5) is 36.9. The first-order valence-corrected chi connectivity index (χ1v) is 9.72. The molecule has 5 fully saturated rings. The van der Waals surface area contributed by atoms with Gasteiger partial charge in [0.1, 0.15) is 12.2 Å². The maximum atomic E-state index is 13.3. The number of carbonyl (C=O) groups is 3. The predicted octanol–water partition coefficient (Wildman–Crippen LogP) is 0.711. The highest BCUT2D eigenvalue weighted by molar-refractivity contribution is 5.89. The molecular formula is C20H24O8. The van der Waals surface area contributed by atoms with Crippen LogP contribution in [0.25, 0.3) is 0 Å². The predicted molar refractivity (Wildman–Crippen MR) is 91.3 cm³/mol. The van der Waals surface area contributed by atoms with Gasteiger partial charge in [0, 0.05) is 5.92 Å². The van der Waals surface area contributed by atoms with Crippen LogP contribution in [-0.4, -0.2) is 53.7 Å². The first kappa shape index (κ1) is 18.1. The largest absolute Gasteiger partial charge is 0.462 e. The van der Waals surface area contributed by atoms with E-state index >= 15 is 0 Å². The Kier molecular flexibility index (Phi) is 3.34. The second-order valence-electron chi connectivity index (χ2n) is 9.02. The quantitative estimate of drug-likeness (QED) is 0.323. The zero-order valence-corrected chi connectivity index (χ0v) is 16.0. The van der Waals surface area contributed by atoms with Crippen molar-refractivity contribution in [1.82, 2.24) is 0 Å². The highest BCUT2D eigenvalue weighted by Gasteiger charge is 2.95. The number of ether oxygens (including phenoxy) is 4. The molecule has 152 valence electrons. The second kappa shape index (κ2) is 5.16. The Hall–Kier alpha value is -1.93. The fourth-order valence-electron chi connectivity index (χ4n) is 7.63. The highest BCUT2D eigenvalue weighted by atomic mass is 16.7. The fourth-order valence-corrected chi connectivity index (χ4v) is 7.63. The van der Waals surface area contributed by atoms with Crippen molar-refractivity contribution in [2.24, 2.45) is 28.6 Å². The van der Waals surface area contributed by atoms with Crippen molar-refractivity contribution >= 4 is 18.4 Å². The van der Waals surface area contributed by atoms with Crippen LogP contribution >= 0.6 is 0 Å². The van der Waals surface area contributed by atoms with Crippen molar-refractivity contribution in [2.45, 2.75) is 63.8 Å². The third-order valence-corrected chi connectivity index (χ3v) is 8.28. The molecule has 1 N–H and O–H groups in total. The molecule has 3 aliphatic heterocycles. The third-order valence-electron chi connectivity index (χ3n) is 8.28. The Labute approximate surface area is 162 Å². The molecule has 8 nitrogen and oxygen atoms in total. The molecule has 0 bridgehead atoms. The molecule has 2 saturated carbocycles. The van der Waals surface area contributed by atoms with Crippen LogP contribution in [0.3, 0.4) is 0 Å². The minimum Gasteiger partial charge on any atom is -0.462 e. The van der Waals surface area contributed by atoms with Crippen molar-refractivity contribution in [3.63, 3.8) is 0 Å². The zero-order valence-electron chi connectivity index (χ0n) is 16.0. The van der Waals surface area contributed by atoms with E-state index in [1.54, 1.807) is 13.8 Å². The first-order chi connectivity index (χ1) is 13.2. The molecule has 0 aromatic heterocycles. The van der Waals surface area contributed by atoms with E-state index < -0.39 is 58.8 Å².